The Hall–Kier alpha value is -2.16. The molecule has 1 aliphatic heterocycles. The number of likely N-dealkylation sites (tertiary alicyclic amines) is 1. The lowest BCUT2D eigenvalue weighted by Crippen LogP contribution is -2.29. The lowest BCUT2D eigenvalue weighted by molar-refractivity contribution is -0.118. The molecule has 170 valence electrons. The van der Waals surface area contributed by atoms with Crippen LogP contribution in [0.3, 0.4) is 0 Å². The van der Waals surface area contributed by atoms with E-state index in [1.165, 1.54) is 31.1 Å². The Bertz CT molecular complexity index is 839. The van der Waals surface area contributed by atoms with Crippen LogP contribution in [-0.4, -0.2) is 52.0 Å². The third-order valence-electron chi connectivity index (χ3n) is 4.74. The van der Waals surface area contributed by atoms with E-state index in [-0.39, 0.29) is 29.8 Å². The Morgan fingerprint density at radius 1 is 1.26 bits per heavy atom. The number of hydrogen-bond acceptors (Lipinski definition) is 6. The highest BCUT2D eigenvalue weighted by molar-refractivity contribution is 7.84. The van der Waals surface area contributed by atoms with Gasteiger partial charge < -0.3 is 14.5 Å². The molecule has 1 atom stereocenters. The highest BCUT2D eigenvalue weighted by Crippen LogP contribution is 2.15. The summed E-state index contributed by atoms with van der Waals surface area (Å²) >= 11 is 0. The van der Waals surface area contributed by atoms with Gasteiger partial charge in [0.2, 0.25) is 11.8 Å². The lowest BCUT2D eigenvalue weighted by Gasteiger charge is -2.26. The number of amides is 1. The minimum atomic E-state index is -1.28. The number of pyridine rings is 1. The second-order valence-electron chi connectivity index (χ2n) is 7.23. The molecule has 9 heteroatoms. The fourth-order valence-electron chi connectivity index (χ4n) is 3.26. The Morgan fingerprint density at radius 2 is 2.10 bits per heavy atom. The van der Waals surface area contributed by atoms with Crippen molar-refractivity contribution in [3.05, 3.63) is 60.2 Å². The van der Waals surface area contributed by atoms with Crippen LogP contribution in [0.15, 0.2) is 53.3 Å². The van der Waals surface area contributed by atoms with E-state index >= 15 is 0 Å². The van der Waals surface area contributed by atoms with Crippen LogP contribution in [0.5, 0.6) is 5.88 Å². The van der Waals surface area contributed by atoms with Gasteiger partial charge in [0.05, 0.1) is 12.0 Å². The molecule has 2 aromatic heterocycles. The second-order valence-corrected chi connectivity index (χ2v) is 8.69. The molecule has 7 nitrogen and oxygen atoms in total. The van der Waals surface area contributed by atoms with Crippen LogP contribution in [0.1, 0.15) is 30.6 Å². The van der Waals surface area contributed by atoms with E-state index in [2.05, 4.69) is 15.2 Å². The molecular weight excluding hydrogens is 438 g/mol. The minimum absolute atomic E-state index is 0. The zero-order chi connectivity index (χ0) is 21.0. The van der Waals surface area contributed by atoms with E-state index in [0.717, 1.165) is 19.6 Å². The molecule has 31 heavy (non-hydrogen) atoms. The molecule has 1 amide bonds. The number of piperidine rings is 1. The highest BCUT2D eigenvalue weighted by atomic mass is 35.5. The number of halogens is 1. The SMILES string of the molecule is Cl.O=C(CS(=O)Cc1ccco1)NC/C=C\COc1cc(CN2CCCCC2)ccn1. The van der Waals surface area contributed by atoms with Crippen molar-refractivity contribution in [2.24, 2.45) is 0 Å². The smallest absolute Gasteiger partial charge is 0.232 e. The van der Waals surface area contributed by atoms with Gasteiger partial charge in [0, 0.05) is 36.2 Å². The maximum absolute atomic E-state index is 11.9. The van der Waals surface area contributed by atoms with Crippen molar-refractivity contribution in [1.82, 2.24) is 15.2 Å². The molecule has 0 saturated carbocycles. The molecule has 3 rings (SSSR count). The molecule has 1 N–H and O–H groups in total. The van der Waals surface area contributed by atoms with Gasteiger partial charge in [-0.05, 0) is 55.8 Å². The molecule has 0 spiro atoms. The molecule has 1 unspecified atom stereocenters. The number of rotatable bonds is 11. The Morgan fingerprint density at radius 3 is 2.87 bits per heavy atom. The van der Waals surface area contributed by atoms with Crippen molar-refractivity contribution in [2.75, 3.05) is 32.0 Å². The van der Waals surface area contributed by atoms with Crippen molar-refractivity contribution in [2.45, 2.75) is 31.6 Å². The quantitative estimate of drug-likeness (QED) is 0.511. The Balaban J connectivity index is 0.00000341. The van der Waals surface area contributed by atoms with Crippen molar-refractivity contribution in [3.63, 3.8) is 0 Å². The van der Waals surface area contributed by atoms with Crippen LogP contribution in [0.25, 0.3) is 0 Å². The van der Waals surface area contributed by atoms with Crippen LogP contribution in [0.4, 0.5) is 0 Å². The summed E-state index contributed by atoms with van der Waals surface area (Å²) in [5.41, 5.74) is 1.21. The summed E-state index contributed by atoms with van der Waals surface area (Å²) in [5.74, 6) is 1.17. The van der Waals surface area contributed by atoms with Crippen LogP contribution in [0, 0.1) is 0 Å². The van der Waals surface area contributed by atoms with Crippen molar-refractivity contribution in [1.29, 1.82) is 0 Å². The maximum atomic E-state index is 11.9. The molecular formula is C22H30ClN3O4S. The van der Waals surface area contributed by atoms with Gasteiger partial charge in [-0.15, -0.1) is 12.4 Å². The largest absolute Gasteiger partial charge is 0.473 e. The van der Waals surface area contributed by atoms with Crippen LogP contribution >= 0.6 is 12.4 Å². The average Bonchev–Trinajstić information content (AvgIpc) is 3.24. The van der Waals surface area contributed by atoms with Crippen LogP contribution < -0.4 is 10.1 Å². The fraction of sp³-hybridized carbons (Fsp3) is 0.455. The number of carbonyl (C=O) groups is 1. The predicted molar refractivity (Wildman–Crippen MR) is 124 cm³/mol. The zero-order valence-electron chi connectivity index (χ0n) is 17.5. The van der Waals surface area contributed by atoms with Gasteiger partial charge in [-0.1, -0.05) is 12.5 Å². The maximum Gasteiger partial charge on any atom is 0.232 e. The van der Waals surface area contributed by atoms with Crippen LogP contribution in [-0.2, 0) is 27.9 Å². The van der Waals surface area contributed by atoms with E-state index in [0.29, 0.717) is 24.8 Å². The molecule has 0 radical (unpaired) electrons. The minimum Gasteiger partial charge on any atom is -0.473 e. The standard InChI is InChI=1S/C22H29N3O4S.ClH/c26-21(18-30(27)17-20-7-6-14-28-20)23-9-2-5-13-29-22-15-19(8-10-24-22)16-25-11-3-1-4-12-25;/h2,5-8,10,14-15H,1,3-4,9,11-13,16-18H2,(H,23,26);1H/b5-2-;. The Kier molecular flexibility index (Phi) is 11.3. The molecule has 1 saturated heterocycles. The van der Waals surface area contributed by atoms with Gasteiger partial charge in [0.15, 0.2) is 0 Å². The number of ether oxygens (including phenoxy) is 1. The summed E-state index contributed by atoms with van der Waals surface area (Å²) in [6, 6.07) is 7.50. The summed E-state index contributed by atoms with van der Waals surface area (Å²) in [6.45, 7) is 3.98. The van der Waals surface area contributed by atoms with Crippen molar-refractivity contribution in [3.8, 4) is 5.88 Å². The summed E-state index contributed by atoms with van der Waals surface area (Å²) in [5, 5.41) is 2.72. The number of nitrogens with one attached hydrogen (secondary N) is 1. The lowest BCUT2D eigenvalue weighted by atomic mass is 10.1. The van der Waals surface area contributed by atoms with Gasteiger partial charge >= 0.3 is 0 Å². The number of carbonyl (C=O) groups excluding carboxylic acids is 1. The first-order valence-corrected chi connectivity index (χ1v) is 11.8. The molecule has 2 aromatic rings. The molecule has 3 heterocycles. The van der Waals surface area contributed by atoms with E-state index in [1.54, 1.807) is 18.3 Å². The number of nitrogens with zero attached hydrogens (tertiary/aromatic N) is 2. The van der Waals surface area contributed by atoms with Gasteiger partial charge in [0.25, 0.3) is 0 Å². The predicted octanol–water partition coefficient (Wildman–Crippen LogP) is 3.08. The normalized spacial score (nSPS) is 15.4. The van der Waals surface area contributed by atoms with E-state index in [9.17, 15) is 9.00 Å². The third kappa shape index (κ3) is 9.67. The monoisotopic (exact) mass is 467 g/mol. The summed E-state index contributed by atoms with van der Waals surface area (Å²) in [6.07, 6.45) is 10.8. The van der Waals surface area contributed by atoms with Gasteiger partial charge in [-0.2, -0.15) is 0 Å². The molecule has 0 aromatic carbocycles. The van der Waals surface area contributed by atoms with Gasteiger partial charge in [-0.25, -0.2) is 4.98 Å². The third-order valence-corrected chi connectivity index (χ3v) is 5.93. The molecule has 1 aliphatic rings. The van der Waals surface area contributed by atoms with Crippen molar-refractivity contribution >= 4 is 29.1 Å². The molecule has 0 aliphatic carbocycles. The summed E-state index contributed by atoms with van der Waals surface area (Å²) in [7, 11) is -1.28. The van der Waals surface area contributed by atoms with Gasteiger partial charge in [0.1, 0.15) is 18.1 Å². The van der Waals surface area contributed by atoms with Crippen LogP contribution in [0.2, 0.25) is 0 Å². The highest BCUT2D eigenvalue weighted by Gasteiger charge is 2.11. The first kappa shape index (κ1) is 25.1. The summed E-state index contributed by atoms with van der Waals surface area (Å²) < 4.78 is 22.7. The first-order valence-electron chi connectivity index (χ1n) is 10.3. The fourth-order valence-corrected chi connectivity index (χ4v) is 4.24. The Labute approximate surface area is 192 Å². The average molecular weight is 468 g/mol. The molecule has 1 fully saturated rings. The summed E-state index contributed by atoms with van der Waals surface area (Å²) in [4.78, 5) is 18.5. The number of hydrogen-bond donors (Lipinski definition) is 1. The van der Waals surface area contributed by atoms with E-state index in [1.807, 2.05) is 24.3 Å². The number of aromatic nitrogens is 1. The van der Waals surface area contributed by atoms with E-state index in [4.69, 9.17) is 9.15 Å². The second kappa shape index (κ2) is 14.0. The zero-order valence-corrected chi connectivity index (χ0v) is 19.2. The first-order chi connectivity index (χ1) is 14.7. The molecule has 0 bridgehead atoms. The van der Waals surface area contributed by atoms with Gasteiger partial charge in [-0.3, -0.25) is 13.9 Å². The van der Waals surface area contributed by atoms with E-state index < -0.39 is 10.8 Å². The van der Waals surface area contributed by atoms with Crippen molar-refractivity contribution < 1.29 is 18.2 Å². The number of furan rings is 1. The topological polar surface area (TPSA) is 84.7 Å².